The van der Waals surface area contributed by atoms with Crippen LogP contribution in [0.25, 0.3) is 0 Å². The molecule has 122 valence electrons. The Labute approximate surface area is 128 Å². The van der Waals surface area contributed by atoms with Crippen LogP contribution in [-0.4, -0.2) is 49.4 Å². The Hall–Kier alpha value is -1.10. The third-order valence-corrected chi connectivity index (χ3v) is 4.22. The van der Waals surface area contributed by atoms with Crippen molar-refractivity contribution in [1.29, 1.82) is 0 Å². The molecule has 5 nitrogen and oxygen atoms in total. The zero-order chi connectivity index (χ0) is 15.7. The number of nitrogens with zero attached hydrogens (tertiary/aromatic N) is 1. The average molecular weight is 297 g/mol. The molecule has 1 aliphatic rings. The van der Waals surface area contributed by atoms with E-state index in [4.69, 9.17) is 0 Å². The molecule has 5 heteroatoms. The molecule has 0 bridgehead atoms. The van der Waals surface area contributed by atoms with Crippen LogP contribution < -0.4 is 10.6 Å². The zero-order valence-corrected chi connectivity index (χ0v) is 13.8. The molecule has 0 aromatic heterocycles. The summed E-state index contributed by atoms with van der Waals surface area (Å²) in [5.74, 6) is 0.350. The highest BCUT2D eigenvalue weighted by atomic mass is 16.2. The first-order chi connectivity index (χ1) is 10.1. The number of nitrogens with one attached hydrogen (secondary N) is 2. The minimum atomic E-state index is 0.109. The van der Waals surface area contributed by atoms with Crippen molar-refractivity contribution in [3.05, 3.63) is 0 Å². The third kappa shape index (κ3) is 6.93. The monoisotopic (exact) mass is 297 g/mol. The normalized spacial score (nSPS) is 18.2. The molecule has 21 heavy (non-hydrogen) atoms. The molecule has 1 saturated heterocycles. The van der Waals surface area contributed by atoms with Crippen molar-refractivity contribution in [2.24, 2.45) is 5.92 Å². The van der Waals surface area contributed by atoms with Gasteiger partial charge in [-0.2, -0.15) is 0 Å². The summed E-state index contributed by atoms with van der Waals surface area (Å²) in [6.45, 7) is 6.38. The summed E-state index contributed by atoms with van der Waals surface area (Å²) in [6, 6.07) is 0.257. The molecule has 0 saturated carbocycles. The standard InChI is InChI=1S/C16H31N3O2/c1-4-5-6-7-13(2)18-15(20)12-19-10-8-14(9-11-19)16(21)17-3/h13-14H,4-12H2,1-3H3,(H,17,21)(H,18,20). The van der Waals surface area contributed by atoms with Crippen molar-refractivity contribution in [2.45, 2.75) is 58.4 Å². The van der Waals surface area contributed by atoms with E-state index in [0.717, 1.165) is 32.4 Å². The minimum Gasteiger partial charge on any atom is -0.359 e. The van der Waals surface area contributed by atoms with Gasteiger partial charge in [0.15, 0.2) is 0 Å². The molecule has 1 atom stereocenters. The maximum Gasteiger partial charge on any atom is 0.234 e. The fourth-order valence-electron chi connectivity index (χ4n) is 2.85. The Bertz CT molecular complexity index is 325. The number of likely N-dealkylation sites (tertiary alicyclic amines) is 1. The lowest BCUT2D eigenvalue weighted by atomic mass is 9.96. The number of carbonyl (C=O) groups excluding carboxylic acids is 2. The second-order valence-electron chi connectivity index (χ2n) is 6.13. The van der Waals surface area contributed by atoms with Crippen LogP contribution in [0.5, 0.6) is 0 Å². The van der Waals surface area contributed by atoms with Gasteiger partial charge in [-0.1, -0.05) is 26.2 Å². The Balaban J connectivity index is 2.19. The van der Waals surface area contributed by atoms with Crippen molar-refractivity contribution in [3.63, 3.8) is 0 Å². The van der Waals surface area contributed by atoms with Gasteiger partial charge in [-0.15, -0.1) is 0 Å². The van der Waals surface area contributed by atoms with Crippen molar-refractivity contribution >= 4 is 11.8 Å². The van der Waals surface area contributed by atoms with Crippen LogP contribution in [0.2, 0.25) is 0 Å². The number of piperidine rings is 1. The maximum atomic E-state index is 12.0. The van der Waals surface area contributed by atoms with Crippen LogP contribution in [-0.2, 0) is 9.59 Å². The van der Waals surface area contributed by atoms with Gasteiger partial charge in [0, 0.05) is 19.0 Å². The highest BCUT2D eigenvalue weighted by molar-refractivity contribution is 5.79. The fraction of sp³-hybridized carbons (Fsp3) is 0.875. The van der Waals surface area contributed by atoms with Crippen LogP contribution in [0, 0.1) is 5.92 Å². The van der Waals surface area contributed by atoms with E-state index in [1.54, 1.807) is 7.05 Å². The van der Waals surface area contributed by atoms with E-state index in [0.29, 0.717) is 6.54 Å². The Kier molecular flexibility index (Phi) is 8.35. The van der Waals surface area contributed by atoms with Crippen molar-refractivity contribution < 1.29 is 9.59 Å². The van der Waals surface area contributed by atoms with Gasteiger partial charge in [0.1, 0.15) is 0 Å². The Morgan fingerprint density at radius 1 is 1.24 bits per heavy atom. The molecule has 0 aromatic carbocycles. The fourth-order valence-corrected chi connectivity index (χ4v) is 2.85. The van der Waals surface area contributed by atoms with Crippen molar-refractivity contribution in [2.75, 3.05) is 26.7 Å². The Morgan fingerprint density at radius 3 is 2.48 bits per heavy atom. The molecular weight excluding hydrogens is 266 g/mol. The molecule has 0 aliphatic carbocycles. The second-order valence-corrected chi connectivity index (χ2v) is 6.13. The number of rotatable bonds is 8. The summed E-state index contributed by atoms with van der Waals surface area (Å²) in [6.07, 6.45) is 6.36. The zero-order valence-electron chi connectivity index (χ0n) is 13.8. The predicted octanol–water partition coefficient (Wildman–Crippen LogP) is 1.53. The maximum absolute atomic E-state index is 12.0. The van der Waals surface area contributed by atoms with Crippen LogP contribution in [0.4, 0.5) is 0 Å². The molecule has 0 aromatic rings. The van der Waals surface area contributed by atoms with Gasteiger partial charge in [-0.25, -0.2) is 0 Å². The predicted molar refractivity (Wildman–Crippen MR) is 85.0 cm³/mol. The van der Waals surface area contributed by atoms with E-state index in [1.165, 1.54) is 19.3 Å². The SMILES string of the molecule is CCCCCC(C)NC(=O)CN1CCC(C(=O)NC)CC1. The lowest BCUT2D eigenvalue weighted by molar-refractivity contribution is -0.126. The highest BCUT2D eigenvalue weighted by Crippen LogP contribution is 2.16. The highest BCUT2D eigenvalue weighted by Gasteiger charge is 2.25. The van der Waals surface area contributed by atoms with Gasteiger partial charge < -0.3 is 10.6 Å². The van der Waals surface area contributed by atoms with E-state index in [2.05, 4.69) is 29.4 Å². The van der Waals surface area contributed by atoms with Gasteiger partial charge in [0.25, 0.3) is 0 Å². The second kappa shape index (κ2) is 9.77. The summed E-state index contributed by atoms with van der Waals surface area (Å²) in [5.41, 5.74) is 0. The van der Waals surface area contributed by atoms with E-state index in [1.807, 2.05) is 0 Å². The van der Waals surface area contributed by atoms with Crippen LogP contribution in [0.3, 0.4) is 0 Å². The average Bonchev–Trinajstić information content (AvgIpc) is 2.47. The third-order valence-electron chi connectivity index (χ3n) is 4.22. The molecular formula is C16H31N3O2. The quantitative estimate of drug-likeness (QED) is 0.668. The van der Waals surface area contributed by atoms with Crippen molar-refractivity contribution in [1.82, 2.24) is 15.5 Å². The first kappa shape index (κ1) is 18.0. The first-order valence-corrected chi connectivity index (χ1v) is 8.30. The van der Waals surface area contributed by atoms with Gasteiger partial charge in [0.2, 0.25) is 11.8 Å². The molecule has 1 heterocycles. The molecule has 1 fully saturated rings. The Morgan fingerprint density at radius 2 is 1.90 bits per heavy atom. The van der Waals surface area contributed by atoms with Crippen LogP contribution in [0.1, 0.15) is 52.4 Å². The number of hydrogen-bond donors (Lipinski definition) is 2. The van der Waals surface area contributed by atoms with E-state index in [-0.39, 0.29) is 23.8 Å². The smallest absolute Gasteiger partial charge is 0.234 e. The van der Waals surface area contributed by atoms with Gasteiger partial charge in [-0.05, 0) is 39.3 Å². The molecule has 0 radical (unpaired) electrons. The van der Waals surface area contributed by atoms with E-state index < -0.39 is 0 Å². The molecule has 1 unspecified atom stereocenters. The van der Waals surface area contributed by atoms with Crippen LogP contribution in [0.15, 0.2) is 0 Å². The van der Waals surface area contributed by atoms with Gasteiger partial charge in [-0.3, -0.25) is 14.5 Å². The van der Waals surface area contributed by atoms with Crippen molar-refractivity contribution in [3.8, 4) is 0 Å². The minimum absolute atomic E-state index is 0.109. The number of unbranched alkanes of at least 4 members (excludes halogenated alkanes) is 2. The largest absolute Gasteiger partial charge is 0.359 e. The van der Waals surface area contributed by atoms with Gasteiger partial charge in [0.05, 0.1) is 6.54 Å². The summed E-state index contributed by atoms with van der Waals surface area (Å²) in [7, 11) is 1.68. The van der Waals surface area contributed by atoms with Gasteiger partial charge >= 0.3 is 0 Å². The summed E-state index contributed by atoms with van der Waals surface area (Å²) >= 11 is 0. The van der Waals surface area contributed by atoms with E-state index in [9.17, 15) is 9.59 Å². The molecule has 1 rings (SSSR count). The van der Waals surface area contributed by atoms with E-state index >= 15 is 0 Å². The first-order valence-electron chi connectivity index (χ1n) is 8.30. The number of hydrogen-bond acceptors (Lipinski definition) is 3. The topological polar surface area (TPSA) is 61.4 Å². The number of amides is 2. The molecule has 1 aliphatic heterocycles. The number of carbonyl (C=O) groups is 2. The lowest BCUT2D eigenvalue weighted by Crippen LogP contribution is -2.45. The molecule has 2 N–H and O–H groups in total. The summed E-state index contributed by atoms with van der Waals surface area (Å²) < 4.78 is 0. The summed E-state index contributed by atoms with van der Waals surface area (Å²) in [5, 5.41) is 5.78. The van der Waals surface area contributed by atoms with Crippen LogP contribution >= 0.6 is 0 Å². The lowest BCUT2D eigenvalue weighted by Gasteiger charge is -2.30. The molecule has 0 spiro atoms. The summed E-state index contributed by atoms with van der Waals surface area (Å²) in [4.78, 5) is 25.7. The molecule has 2 amide bonds.